The lowest BCUT2D eigenvalue weighted by molar-refractivity contribution is -0.145. The highest BCUT2D eigenvalue weighted by molar-refractivity contribution is 5.81. The van der Waals surface area contributed by atoms with E-state index in [0.717, 1.165) is 24.7 Å². The fourth-order valence-corrected chi connectivity index (χ4v) is 4.71. The van der Waals surface area contributed by atoms with Gasteiger partial charge in [-0.2, -0.15) is 18.3 Å². The molecule has 3 heterocycles. The van der Waals surface area contributed by atoms with Crippen molar-refractivity contribution in [2.75, 3.05) is 18.1 Å². The van der Waals surface area contributed by atoms with Crippen molar-refractivity contribution in [2.24, 2.45) is 11.0 Å². The van der Waals surface area contributed by atoms with Crippen LogP contribution in [0.1, 0.15) is 44.3 Å². The highest BCUT2D eigenvalue weighted by Crippen LogP contribution is 2.36. The summed E-state index contributed by atoms with van der Waals surface area (Å²) in [5.74, 6) is -0.759. The summed E-state index contributed by atoms with van der Waals surface area (Å²) >= 11 is 0. The van der Waals surface area contributed by atoms with Crippen LogP contribution in [-0.4, -0.2) is 56.8 Å². The quantitative estimate of drug-likeness (QED) is 0.713. The second kappa shape index (κ2) is 8.65. The average Bonchev–Trinajstić information content (AvgIpc) is 3.58. The number of rotatable bonds is 5. The lowest BCUT2D eigenvalue weighted by Gasteiger charge is -2.40. The summed E-state index contributed by atoms with van der Waals surface area (Å²) in [6.45, 7) is 1.15. The van der Waals surface area contributed by atoms with Crippen molar-refractivity contribution in [1.29, 1.82) is 0 Å². The second-order valence-electron chi connectivity index (χ2n) is 9.37. The maximum atomic E-state index is 12.9. The first-order valence-corrected chi connectivity index (χ1v) is 11.6. The van der Waals surface area contributed by atoms with Gasteiger partial charge in [0.25, 0.3) is 0 Å². The number of hydrogen-bond donors (Lipinski definition) is 1. The Hall–Kier alpha value is -3.01. The lowest BCUT2D eigenvalue weighted by Crippen LogP contribution is -2.49. The highest BCUT2D eigenvalue weighted by Gasteiger charge is 2.41. The number of amides is 1. The van der Waals surface area contributed by atoms with Gasteiger partial charge in [0.15, 0.2) is 0 Å². The number of likely N-dealkylation sites (tertiary alicyclic amines) is 1. The van der Waals surface area contributed by atoms with Crippen LogP contribution < -0.4 is 5.01 Å². The van der Waals surface area contributed by atoms with Crippen molar-refractivity contribution >= 4 is 17.8 Å². The zero-order valence-corrected chi connectivity index (χ0v) is 18.6. The number of nitrogens with zero attached hydrogens (tertiary/aromatic N) is 5. The molecule has 180 valence electrons. The van der Waals surface area contributed by atoms with Gasteiger partial charge in [-0.05, 0) is 50.3 Å². The molecule has 34 heavy (non-hydrogen) atoms. The summed E-state index contributed by atoms with van der Waals surface area (Å²) in [5.41, 5.74) is 0.670. The van der Waals surface area contributed by atoms with E-state index in [4.69, 9.17) is 0 Å². The van der Waals surface area contributed by atoms with E-state index in [0.29, 0.717) is 44.3 Å². The van der Waals surface area contributed by atoms with Crippen LogP contribution in [0.25, 0.3) is 11.3 Å². The minimum Gasteiger partial charge on any atom is -0.390 e. The molecule has 1 atom stereocenters. The van der Waals surface area contributed by atoms with Gasteiger partial charge in [-0.15, -0.1) is 0 Å². The van der Waals surface area contributed by atoms with Crippen molar-refractivity contribution in [3.63, 3.8) is 0 Å². The Kier molecular flexibility index (Phi) is 5.79. The number of aromatic nitrogens is 2. The van der Waals surface area contributed by atoms with E-state index in [1.54, 1.807) is 24.3 Å². The molecule has 0 radical (unpaired) electrons. The molecule has 2 aliphatic heterocycles. The van der Waals surface area contributed by atoms with Gasteiger partial charge in [-0.25, -0.2) is 9.97 Å². The van der Waals surface area contributed by atoms with Gasteiger partial charge < -0.3 is 10.0 Å². The van der Waals surface area contributed by atoms with Crippen LogP contribution in [0.4, 0.5) is 18.9 Å². The standard InChI is InChI=1S/C24H26F3N5O2/c25-24(26,27)22-28-11-8-20(30-22)16-3-5-18(6-4-16)32-19(7-12-29-32)15-23(34)9-13-31(14-10-23)21(33)17-1-2-17/h3-6,8,11-12,17,19,34H,1-2,7,9-10,13-15H2. The molecule has 1 unspecified atom stereocenters. The van der Waals surface area contributed by atoms with Gasteiger partial charge in [0.2, 0.25) is 11.7 Å². The van der Waals surface area contributed by atoms with E-state index in [9.17, 15) is 23.1 Å². The van der Waals surface area contributed by atoms with Crippen LogP contribution in [0.3, 0.4) is 0 Å². The van der Waals surface area contributed by atoms with Crippen molar-refractivity contribution in [2.45, 2.75) is 56.3 Å². The number of aliphatic hydroxyl groups is 1. The van der Waals surface area contributed by atoms with E-state index in [1.807, 2.05) is 16.1 Å². The summed E-state index contributed by atoms with van der Waals surface area (Å²) in [4.78, 5) is 21.1. The van der Waals surface area contributed by atoms with Crippen LogP contribution in [0, 0.1) is 5.92 Å². The summed E-state index contributed by atoms with van der Waals surface area (Å²) in [6, 6.07) is 8.41. The Morgan fingerprint density at radius 3 is 2.47 bits per heavy atom. The molecular formula is C24H26F3N5O2. The van der Waals surface area contributed by atoms with Crippen LogP contribution in [0.15, 0.2) is 41.6 Å². The molecule has 0 bridgehead atoms. The molecule has 2 aromatic rings. The first kappa shape index (κ1) is 22.8. The third kappa shape index (κ3) is 4.77. The molecule has 7 nitrogen and oxygen atoms in total. The van der Waals surface area contributed by atoms with E-state index in [-0.39, 0.29) is 23.6 Å². The number of piperidine rings is 1. The number of carbonyl (C=O) groups is 1. The molecule has 3 aliphatic rings. The normalized spacial score (nSPS) is 22.3. The maximum absolute atomic E-state index is 12.9. The van der Waals surface area contributed by atoms with E-state index in [1.165, 1.54) is 6.07 Å². The summed E-state index contributed by atoms with van der Waals surface area (Å²) < 4.78 is 38.8. The Labute approximate surface area is 195 Å². The number of carbonyl (C=O) groups excluding carboxylic acids is 1. The Morgan fingerprint density at radius 1 is 1.12 bits per heavy atom. The predicted octanol–water partition coefficient (Wildman–Crippen LogP) is 3.88. The zero-order chi connectivity index (χ0) is 23.9. The first-order valence-electron chi connectivity index (χ1n) is 11.6. The number of benzene rings is 1. The molecule has 1 aromatic carbocycles. The average molecular weight is 473 g/mol. The predicted molar refractivity (Wildman–Crippen MR) is 120 cm³/mol. The number of anilines is 1. The van der Waals surface area contributed by atoms with Crippen LogP contribution in [-0.2, 0) is 11.0 Å². The number of halogens is 3. The summed E-state index contributed by atoms with van der Waals surface area (Å²) in [5, 5.41) is 17.5. The first-order chi connectivity index (χ1) is 16.2. The molecule has 1 aliphatic carbocycles. The van der Waals surface area contributed by atoms with E-state index < -0.39 is 17.6 Å². The lowest BCUT2D eigenvalue weighted by atomic mass is 9.84. The largest absolute Gasteiger partial charge is 0.451 e. The Bertz CT molecular complexity index is 1080. The molecule has 2 fully saturated rings. The SMILES string of the molecule is O=C(C1CC1)N1CCC(O)(CC2CC=NN2c2ccc(-c3ccnc(C(F)(F)F)n3)cc2)CC1. The topological polar surface area (TPSA) is 81.9 Å². The fourth-order valence-electron chi connectivity index (χ4n) is 4.71. The highest BCUT2D eigenvalue weighted by atomic mass is 19.4. The zero-order valence-electron chi connectivity index (χ0n) is 18.6. The summed E-state index contributed by atoms with van der Waals surface area (Å²) in [6.07, 6.45) is 2.58. The molecule has 1 saturated carbocycles. The van der Waals surface area contributed by atoms with Crippen LogP contribution in [0.5, 0.6) is 0 Å². The molecule has 5 rings (SSSR count). The van der Waals surface area contributed by atoms with Gasteiger partial charge in [0.1, 0.15) is 0 Å². The van der Waals surface area contributed by atoms with Crippen molar-refractivity contribution in [1.82, 2.24) is 14.9 Å². The number of hydrogen-bond acceptors (Lipinski definition) is 6. The van der Waals surface area contributed by atoms with Gasteiger partial charge in [0, 0.05) is 43.4 Å². The summed E-state index contributed by atoms with van der Waals surface area (Å²) in [7, 11) is 0. The monoisotopic (exact) mass is 473 g/mol. The minimum atomic E-state index is -4.60. The van der Waals surface area contributed by atoms with Crippen LogP contribution in [0.2, 0.25) is 0 Å². The van der Waals surface area contributed by atoms with Crippen molar-refractivity contribution in [3.8, 4) is 11.3 Å². The molecule has 1 aromatic heterocycles. The van der Waals surface area contributed by atoms with Gasteiger partial charge in [-0.1, -0.05) is 12.1 Å². The van der Waals surface area contributed by atoms with E-state index in [2.05, 4.69) is 15.1 Å². The van der Waals surface area contributed by atoms with Gasteiger partial charge in [0.05, 0.1) is 23.0 Å². The third-order valence-electron chi connectivity index (χ3n) is 6.81. The van der Waals surface area contributed by atoms with Crippen molar-refractivity contribution in [3.05, 3.63) is 42.4 Å². The molecule has 10 heteroatoms. The van der Waals surface area contributed by atoms with E-state index >= 15 is 0 Å². The molecule has 0 spiro atoms. The minimum absolute atomic E-state index is 0.0302. The second-order valence-corrected chi connectivity index (χ2v) is 9.37. The Morgan fingerprint density at radius 2 is 1.82 bits per heavy atom. The number of hydrazone groups is 1. The maximum Gasteiger partial charge on any atom is 0.451 e. The smallest absolute Gasteiger partial charge is 0.390 e. The van der Waals surface area contributed by atoms with Crippen LogP contribution >= 0.6 is 0 Å². The Balaban J connectivity index is 1.24. The number of alkyl halides is 3. The van der Waals surface area contributed by atoms with Gasteiger partial charge >= 0.3 is 6.18 Å². The molecular weight excluding hydrogens is 447 g/mol. The molecule has 1 N–H and O–H groups in total. The third-order valence-corrected chi connectivity index (χ3v) is 6.81. The van der Waals surface area contributed by atoms with Crippen molar-refractivity contribution < 1.29 is 23.1 Å². The van der Waals surface area contributed by atoms with Gasteiger partial charge in [-0.3, -0.25) is 9.80 Å². The fraction of sp³-hybridized carbons (Fsp3) is 0.500. The molecule has 1 saturated heterocycles. The molecule has 1 amide bonds.